The van der Waals surface area contributed by atoms with Crippen LogP contribution in [-0.4, -0.2) is 119 Å². The van der Waals surface area contributed by atoms with E-state index in [-0.39, 0.29) is 36.3 Å². The molecule has 0 radical (unpaired) electrons. The average molecular weight is 818 g/mol. The lowest BCUT2D eigenvalue weighted by Crippen LogP contribution is -2.47. The van der Waals surface area contributed by atoms with Crippen LogP contribution in [-0.2, 0) is 9.47 Å². The Morgan fingerprint density at radius 3 is 2.02 bits per heavy atom. The van der Waals surface area contributed by atoms with Crippen LogP contribution in [0.1, 0.15) is 73.5 Å². The predicted octanol–water partition coefficient (Wildman–Crippen LogP) is 4.90. The zero-order chi connectivity index (χ0) is 41.0. The van der Waals surface area contributed by atoms with Gasteiger partial charge in [0.1, 0.15) is 28.8 Å². The van der Waals surface area contributed by atoms with E-state index in [9.17, 15) is 4.79 Å². The van der Waals surface area contributed by atoms with Gasteiger partial charge in [0.05, 0.1) is 59.9 Å². The number of anilines is 3. The summed E-state index contributed by atoms with van der Waals surface area (Å²) in [6.07, 6.45) is 12.6. The molecule has 2 aliphatic carbocycles. The largest absolute Gasteiger partial charge is 0.490 e. The third kappa shape index (κ3) is 9.45. The highest BCUT2D eigenvalue weighted by Crippen LogP contribution is 2.36. The molecule has 316 valence electrons. The van der Waals surface area contributed by atoms with Crippen LogP contribution in [0.2, 0.25) is 0 Å². The summed E-state index contributed by atoms with van der Waals surface area (Å²) in [4.78, 5) is 45.4. The molecule has 16 heteroatoms. The molecule has 2 aromatic carbocycles. The van der Waals surface area contributed by atoms with E-state index in [1.165, 1.54) is 0 Å². The van der Waals surface area contributed by atoms with Gasteiger partial charge in [-0.15, -0.1) is 0 Å². The Balaban J connectivity index is 0.786. The molecule has 3 aromatic heterocycles. The van der Waals surface area contributed by atoms with Crippen LogP contribution in [0.5, 0.6) is 11.5 Å². The first kappa shape index (κ1) is 40.0. The normalized spacial score (nSPS) is 23.7. The molecule has 9 rings (SSSR count). The van der Waals surface area contributed by atoms with Crippen LogP contribution in [0.4, 0.5) is 17.3 Å². The summed E-state index contributed by atoms with van der Waals surface area (Å²) in [5.74, 6) is 3.21. The smallest absolute Gasteiger partial charge is 0.270 e. The van der Waals surface area contributed by atoms with Crippen LogP contribution < -0.4 is 35.6 Å². The Kier molecular flexibility index (Phi) is 12.0. The molecule has 0 spiro atoms. The molecule has 2 saturated carbocycles. The third-order valence-corrected chi connectivity index (χ3v) is 12.1. The standard InChI is InChI=1S/C44H55N11O5/c1-27-47-24-36-39(50-27)19-31(54-13-16-57-17-14-54)21-41(36)60-34-9-5-30(6-10-34)52-44-46-12-11-38(53-44)43(56)49-23-35-26-55(15-18-58-35)32-20-40-37(25-48-28(2)51-40)42(22-32)59-33-7-3-29(45)4-8-33/h11-12,19-22,24-25,29-30,33-35H,3-10,13-18,23,26,45H2,1-2H3,(H,49,56)(H,46,52,53)/t29-,30-,33+,34+,35?. The zero-order valence-electron chi connectivity index (χ0n) is 34.5. The van der Waals surface area contributed by atoms with E-state index in [1.807, 2.05) is 26.2 Å². The minimum Gasteiger partial charge on any atom is -0.490 e. The first-order valence-corrected chi connectivity index (χ1v) is 21.5. The van der Waals surface area contributed by atoms with Gasteiger partial charge in [-0.2, -0.15) is 0 Å². The summed E-state index contributed by atoms with van der Waals surface area (Å²) < 4.78 is 25.0. The summed E-state index contributed by atoms with van der Waals surface area (Å²) in [5.41, 5.74) is 10.3. The van der Waals surface area contributed by atoms with E-state index in [4.69, 9.17) is 34.6 Å². The number of carbonyl (C=O) groups excluding carboxylic acids is 1. The van der Waals surface area contributed by atoms with Gasteiger partial charge in [0.25, 0.3) is 5.91 Å². The van der Waals surface area contributed by atoms with Crippen molar-refractivity contribution in [2.24, 2.45) is 5.73 Å². The van der Waals surface area contributed by atoms with Gasteiger partial charge < -0.3 is 45.1 Å². The van der Waals surface area contributed by atoms with E-state index in [0.717, 1.165) is 115 Å². The van der Waals surface area contributed by atoms with Crippen LogP contribution in [0.15, 0.2) is 48.9 Å². The molecule has 60 heavy (non-hydrogen) atoms. The van der Waals surface area contributed by atoms with Crippen molar-refractivity contribution in [1.82, 2.24) is 35.2 Å². The number of nitrogens with one attached hydrogen (secondary N) is 2. The van der Waals surface area contributed by atoms with E-state index in [2.05, 4.69) is 64.6 Å². The monoisotopic (exact) mass is 817 g/mol. The minimum atomic E-state index is -0.273. The van der Waals surface area contributed by atoms with Crippen LogP contribution in [0.3, 0.4) is 0 Å². The van der Waals surface area contributed by atoms with Gasteiger partial charge >= 0.3 is 0 Å². The quantitative estimate of drug-likeness (QED) is 0.163. The molecule has 5 heterocycles. The van der Waals surface area contributed by atoms with E-state index >= 15 is 0 Å². The molecular weight excluding hydrogens is 763 g/mol. The lowest BCUT2D eigenvalue weighted by Gasteiger charge is -2.35. The van der Waals surface area contributed by atoms with Gasteiger partial charge in [0.2, 0.25) is 5.95 Å². The number of hydrogen-bond donors (Lipinski definition) is 3. The molecule has 1 unspecified atom stereocenters. The first-order valence-electron chi connectivity index (χ1n) is 21.5. The first-order chi connectivity index (χ1) is 29.3. The highest BCUT2D eigenvalue weighted by atomic mass is 16.5. The number of hydrogen-bond acceptors (Lipinski definition) is 15. The molecule has 4 N–H and O–H groups in total. The average Bonchev–Trinajstić information content (AvgIpc) is 3.27. The Bertz CT molecular complexity index is 2290. The minimum absolute atomic E-state index is 0.0553. The fraction of sp³-hybridized carbons (Fsp3) is 0.523. The SMILES string of the molecule is Cc1ncc2c(O[C@H]3CC[C@@H](N)CC3)cc(N3CCOC(CNC(=O)c4ccnc(N[C@H]5CC[C@@H](Oc6cc(N7CCOCC7)cc7nc(C)ncc67)CC5)n4)C3)cc2n1. The number of amides is 1. The third-order valence-electron chi connectivity index (χ3n) is 12.1. The number of ether oxygens (including phenoxy) is 4. The highest BCUT2D eigenvalue weighted by Gasteiger charge is 2.27. The van der Waals surface area contributed by atoms with Crippen LogP contribution >= 0.6 is 0 Å². The van der Waals surface area contributed by atoms with Gasteiger partial charge in [-0.3, -0.25) is 4.79 Å². The fourth-order valence-corrected chi connectivity index (χ4v) is 8.75. The van der Waals surface area contributed by atoms with E-state index in [0.29, 0.717) is 56.9 Å². The Morgan fingerprint density at radius 2 is 1.37 bits per heavy atom. The van der Waals surface area contributed by atoms with Crippen molar-refractivity contribution in [2.45, 2.75) is 95.6 Å². The van der Waals surface area contributed by atoms with Crippen molar-refractivity contribution >= 4 is 45.0 Å². The van der Waals surface area contributed by atoms with Gasteiger partial charge in [-0.25, -0.2) is 29.9 Å². The number of carbonyl (C=O) groups is 1. The summed E-state index contributed by atoms with van der Waals surface area (Å²) in [6, 6.07) is 10.5. The fourth-order valence-electron chi connectivity index (χ4n) is 8.75. The number of aryl methyl sites for hydroxylation is 2. The summed E-state index contributed by atoms with van der Waals surface area (Å²) in [6.45, 7) is 9.06. The van der Waals surface area contributed by atoms with Gasteiger partial charge in [-0.1, -0.05) is 0 Å². The molecule has 16 nitrogen and oxygen atoms in total. The number of morpholine rings is 2. The van der Waals surface area contributed by atoms with Gasteiger partial charge in [0, 0.05) is 86.9 Å². The Hall–Kier alpha value is -5.45. The zero-order valence-corrected chi connectivity index (χ0v) is 34.5. The molecule has 1 atom stereocenters. The number of aromatic nitrogens is 6. The van der Waals surface area contributed by atoms with E-state index in [1.54, 1.807) is 12.3 Å². The van der Waals surface area contributed by atoms with Crippen molar-refractivity contribution in [1.29, 1.82) is 0 Å². The lowest BCUT2D eigenvalue weighted by molar-refractivity contribution is 0.0396. The molecule has 2 aliphatic heterocycles. The van der Waals surface area contributed by atoms with Crippen molar-refractivity contribution in [2.75, 3.05) is 67.7 Å². The Morgan fingerprint density at radius 1 is 0.767 bits per heavy atom. The topological polar surface area (TPSA) is 188 Å². The van der Waals surface area contributed by atoms with Gasteiger partial charge in [0.15, 0.2) is 0 Å². The number of nitrogens with zero attached hydrogens (tertiary/aromatic N) is 8. The van der Waals surface area contributed by atoms with Crippen molar-refractivity contribution in [3.8, 4) is 11.5 Å². The van der Waals surface area contributed by atoms with Crippen molar-refractivity contribution in [3.05, 3.63) is 66.3 Å². The maximum Gasteiger partial charge on any atom is 0.270 e. The number of rotatable bonds is 11. The maximum absolute atomic E-state index is 13.4. The molecule has 0 bridgehead atoms. The lowest BCUT2D eigenvalue weighted by atomic mass is 9.93. The second kappa shape index (κ2) is 18.0. The second-order valence-corrected chi connectivity index (χ2v) is 16.5. The number of fused-ring (bicyclic) bond motifs is 2. The van der Waals surface area contributed by atoms with Crippen LogP contribution in [0, 0.1) is 13.8 Å². The van der Waals surface area contributed by atoms with Gasteiger partial charge in [-0.05, 0) is 83.4 Å². The van der Waals surface area contributed by atoms with Crippen LogP contribution in [0.25, 0.3) is 21.8 Å². The molecule has 2 saturated heterocycles. The summed E-state index contributed by atoms with van der Waals surface area (Å²) in [5, 5.41) is 8.34. The predicted molar refractivity (Wildman–Crippen MR) is 229 cm³/mol. The number of nitrogens with two attached hydrogens (primary N) is 1. The molecule has 4 fully saturated rings. The molecule has 5 aromatic rings. The Labute approximate surface area is 350 Å². The molecule has 4 aliphatic rings. The highest BCUT2D eigenvalue weighted by molar-refractivity contribution is 5.92. The van der Waals surface area contributed by atoms with Crippen molar-refractivity contribution in [3.63, 3.8) is 0 Å². The molecular formula is C44H55N11O5. The maximum atomic E-state index is 13.4. The second-order valence-electron chi connectivity index (χ2n) is 16.5. The number of benzene rings is 2. The van der Waals surface area contributed by atoms with Crippen molar-refractivity contribution < 1.29 is 23.7 Å². The summed E-state index contributed by atoms with van der Waals surface area (Å²) in [7, 11) is 0. The molecule has 1 amide bonds. The summed E-state index contributed by atoms with van der Waals surface area (Å²) >= 11 is 0. The van der Waals surface area contributed by atoms with E-state index < -0.39 is 0 Å².